The average molecular weight is 262 g/mol. The number of nitrogens with zero attached hydrogens (tertiary/aromatic N) is 1. The summed E-state index contributed by atoms with van der Waals surface area (Å²) in [6, 6.07) is 8.47. The van der Waals surface area contributed by atoms with Gasteiger partial charge in [0.05, 0.1) is 0 Å². The molecule has 0 spiro atoms. The molecule has 0 aromatic heterocycles. The molecule has 0 radical (unpaired) electrons. The fourth-order valence-corrected chi connectivity index (χ4v) is 2.09. The highest BCUT2D eigenvalue weighted by molar-refractivity contribution is 5.78. The number of rotatable bonds is 7. The van der Waals surface area contributed by atoms with Crippen LogP contribution in [0.4, 0.5) is 5.69 Å². The van der Waals surface area contributed by atoms with Gasteiger partial charge in [-0.1, -0.05) is 26.0 Å². The Balaban J connectivity index is 2.39. The summed E-state index contributed by atoms with van der Waals surface area (Å²) in [6.07, 6.45) is 2.72. The molecule has 1 rings (SSSR count). The number of nitrogens with one attached hydrogen (secondary N) is 1. The highest BCUT2D eigenvalue weighted by Crippen LogP contribution is 2.12. The molecule has 3 nitrogen and oxygen atoms in total. The van der Waals surface area contributed by atoms with Gasteiger partial charge in [-0.05, 0) is 37.0 Å². The van der Waals surface area contributed by atoms with Gasteiger partial charge in [0, 0.05) is 32.2 Å². The van der Waals surface area contributed by atoms with Crippen LogP contribution in [-0.4, -0.2) is 26.5 Å². The standard InChI is InChI=1S/C16H26N2O/c1-5-14(6-2)16(19)17-12-11-13-7-9-15(10-8-13)18(3)4/h7-10,14H,5-6,11-12H2,1-4H3,(H,17,19). The molecule has 1 aromatic rings. The second-order valence-corrected chi connectivity index (χ2v) is 5.12. The predicted molar refractivity (Wildman–Crippen MR) is 81.6 cm³/mol. The van der Waals surface area contributed by atoms with Crippen molar-refractivity contribution in [2.45, 2.75) is 33.1 Å². The Bertz CT molecular complexity index is 380. The Kier molecular flexibility index (Phi) is 6.40. The Labute approximate surface area is 117 Å². The lowest BCUT2D eigenvalue weighted by atomic mass is 10.0. The van der Waals surface area contributed by atoms with Gasteiger partial charge in [0.1, 0.15) is 0 Å². The summed E-state index contributed by atoms with van der Waals surface area (Å²) in [7, 11) is 4.07. The molecule has 0 heterocycles. The van der Waals surface area contributed by atoms with Crippen LogP contribution in [0.15, 0.2) is 24.3 Å². The van der Waals surface area contributed by atoms with E-state index in [0.29, 0.717) is 0 Å². The maximum Gasteiger partial charge on any atom is 0.223 e. The SMILES string of the molecule is CCC(CC)C(=O)NCCc1ccc(N(C)C)cc1. The van der Waals surface area contributed by atoms with Crippen molar-refractivity contribution in [3.05, 3.63) is 29.8 Å². The summed E-state index contributed by atoms with van der Waals surface area (Å²) in [5, 5.41) is 3.02. The van der Waals surface area contributed by atoms with Crippen LogP contribution in [0.5, 0.6) is 0 Å². The highest BCUT2D eigenvalue weighted by Gasteiger charge is 2.12. The van der Waals surface area contributed by atoms with Gasteiger partial charge in [-0.3, -0.25) is 4.79 Å². The molecular formula is C16H26N2O. The second kappa shape index (κ2) is 7.82. The second-order valence-electron chi connectivity index (χ2n) is 5.12. The molecule has 0 aliphatic heterocycles. The number of carbonyl (C=O) groups excluding carboxylic acids is 1. The lowest BCUT2D eigenvalue weighted by molar-refractivity contribution is -0.125. The molecule has 0 unspecified atom stereocenters. The van der Waals surface area contributed by atoms with Crippen LogP contribution >= 0.6 is 0 Å². The molecule has 0 saturated carbocycles. The number of hydrogen-bond donors (Lipinski definition) is 1. The number of amides is 1. The van der Waals surface area contributed by atoms with Crippen LogP contribution in [0, 0.1) is 5.92 Å². The van der Waals surface area contributed by atoms with Crippen LogP contribution in [0.2, 0.25) is 0 Å². The van der Waals surface area contributed by atoms with E-state index in [9.17, 15) is 4.79 Å². The summed E-state index contributed by atoms with van der Waals surface area (Å²) < 4.78 is 0. The zero-order valence-corrected chi connectivity index (χ0v) is 12.6. The lowest BCUT2D eigenvalue weighted by Gasteiger charge is -2.14. The molecular weight excluding hydrogens is 236 g/mol. The molecule has 0 bridgehead atoms. The van der Waals surface area contributed by atoms with Crippen molar-refractivity contribution in [2.75, 3.05) is 25.5 Å². The van der Waals surface area contributed by atoms with Crippen molar-refractivity contribution >= 4 is 11.6 Å². The lowest BCUT2D eigenvalue weighted by Crippen LogP contribution is -2.31. The number of benzene rings is 1. The Morgan fingerprint density at radius 2 is 1.74 bits per heavy atom. The van der Waals surface area contributed by atoms with Gasteiger partial charge in [0.2, 0.25) is 5.91 Å². The average Bonchev–Trinajstić information content (AvgIpc) is 2.40. The number of hydrogen-bond acceptors (Lipinski definition) is 2. The minimum absolute atomic E-state index is 0.163. The summed E-state index contributed by atoms with van der Waals surface area (Å²) in [6.45, 7) is 4.85. The third-order valence-corrected chi connectivity index (χ3v) is 3.52. The van der Waals surface area contributed by atoms with Crippen LogP contribution in [0.1, 0.15) is 32.3 Å². The van der Waals surface area contributed by atoms with Crippen molar-refractivity contribution < 1.29 is 4.79 Å². The van der Waals surface area contributed by atoms with E-state index in [0.717, 1.165) is 25.8 Å². The Hall–Kier alpha value is -1.51. The molecule has 1 aromatic carbocycles. The van der Waals surface area contributed by atoms with Gasteiger partial charge < -0.3 is 10.2 Å². The van der Waals surface area contributed by atoms with Crippen molar-refractivity contribution in [3.63, 3.8) is 0 Å². The van der Waals surface area contributed by atoms with Gasteiger partial charge in [-0.15, -0.1) is 0 Å². The summed E-state index contributed by atoms with van der Waals surface area (Å²) in [5.41, 5.74) is 2.46. The van der Waals surface area contributed by atoms with E-state index in [1.54, 1.807) is 0 Å². The summed E-state index contributed by atoms with van der Waals surface area (Å²) in [5.74, 6) is 0.353. The monoisotopic (exact) mass is 262 g/mol. The largest absolute Gasteiger partial charge is 0.378 e. The minimum Gasteiger partial charge on any atom is -0.378 e. The zero-order valence-electron chi connectivity index (χ0n) is 12.6. The molecule has 106 valence electrons. The first-order valence-electron chi connectivity index (χ1n) is 7.12. The maximum atomic E-state index is 11.8. The van der Waals surface area contributed by atoms with Crippen molar-refractivity contribution in [1.82, 2.24) is 5.32 Å². The van der Waals surface area contributed by atoms with Gasteiger partial charge in [0.15, 0.2) is 0 Å². The molecule has 0 aliphatic rings. The van der Waals surface area contributed by atoms with E-state index in [1.807, 2.05) is 14.1 Å². The Morgan fingerprint density at radius 3 is 2.21 bits per heavy atom. The smallest absolute Gasteiger partial charge is 0.223 e. The van der Waals surface area contributed by atoms with Crippen LogP contribution in [0.25, 0.3) is 0 Å². The van der Waals surface area contributed by atoms with E-state index in [1.165, 1.54) is 11.3 Å². The third-order valence-electron chi connectivity index (χ3n) is 3.52. The fraction of sp³-hybridized carbons (Fsp3) is 0.562. The summed E-state index contributed by atoms with van der Waals surface area (Å²) in [4.78, 5) is 13.9. The maximum absolute atomic E-state index is 11.8. The molecule has 0 saturated heterocycles. The van der Waals surface area contributed by atoms with Crippen molar-refractivity contribution in [1.29, 1.82) is 0 Å². The quantitative estimate of drug-likeness (QED) is 0.819. The Morgan fingerprint density at radius 1 is 1.16 bits per heavy atom. The number of carbonyl (C=O) groups is 1. The molecule has 19 heavy (non-hydrogen) atoms. The zero-order chi connectivity index (χ0) is 14.3. The topological polar surface area (TPSA) is 32.3 Å². The van der Waals surface area contributed by atoms with Gasteiger partial charge >= 0.3 is 0 Å². The molecule has 0 fully saturated rings. The van der Waals surface area contributed by atoms with E-state index in [4.69, 9.17) is 0 Å². The van der Waals surface area contributed by atoms with Crippen LogP contribution < -0.4 is 10.2 Å². The van der Waals surface area contributed by atoms with Crippen LogP contribution in [0.3, 0.4) is 0 Å². The first kappa shape index (κ1) is 15.5. The van der Waals surface area contributed by atoms with E-state index in [2.05, 4.69) is 48.3 Å². The summed E-state index contributed by atoms with van der Waals surface area (Å²) >= 11 is 0. The first-order valence-corrected chi connectivity index (χ1v) is 7.12. The fourth-order valence-electron chi connectivity index (χ4n) is 2.09. The molecule has 0 aliphatic carbocycles. The molecule has 1 N–H and O–H groups in total. The van der Waals surface area contributed by atoms with Gasteiger partial charge in [0.25, 0.3) is 0 Å². The van der Waals surface area contributed by atoms with E-state index >= 15 is 0 Å². The minimum atomic E-state index is 0.163. The third kappa shape index (κ3) is 4.93. The first-order chi connectivity index (χ1) is 9.08. The van der Waals surface area contributed by atoms with Gasteiger partial charge in [-0.2, -0.15) is 0 Å². The molecule has 3 heteroatoms. The van der Waals surface area contributed by atoms with Crippen LogP contribution in [-0.2, 0) is 11.2 Å². The van der Waals surface area contributed by atoms with Crippen molar-refractivity contribution in [2.24, 2.45) is 5.92 Å². The predicted octanol–water partition coefficient (Wildman–Crippen LogP) is 2.85. The number of anilines is 1. The normalized spacial score (nSPS) is 10.6. The molecule has 0 atom stereocenters. The van der Waals surface area contributed by atoms with Crippen molar-refractivity contribution in [3.8, 4) is 0 Å². The highest BCUT2D eigenvalue weighted by atomic mass is 16.1. The molecule has 1 amide bonds. The van der Waals surface area contributed by atoms with Gasteiger partial charge in [-0.25, -0.2) is 0 Å². The van der Waals surface area contributed by atoms with E-state index < -0.39 is 0 Å². The van der Waals surface area contributed by atoms with E-state index in [-0.39, 0.29) is 11.8 Å².